The van der Waals surface area contributed by atoms with Gasteiger partial charge in [0.2, 0.25) is 0 Å². The molecule has 0 fully saturated rings. The van der Waals surface area contributed by atoms with Crippen molar-refractivity contribution in [2.24, 2.45) is 0 Å². The van der Waals surface area contributed by atoms with E-state index in [9.17, 15) is 9.90 Å². The van der Waals surface area contributed by atoms with Gasteiger partial charge in [-0.3, -0.25) is 0 Å². The number of rotatable bonds is 3. The summed E-state index contributed by atoms with van der Waals surface area (Å²) >= 11 is 0. The molecule has 0 amide bonds. The SMILES string of the molecule is COc1cccc2c(C(=O)O)c(C(C)C)[nH]c12. The quantitative estimate of drug-likeness (QED) is 0.856. The van der Waals surface area contributed by atoms with Crippen LogP contribution < -0.4 is 4.74 Å². The first-order valence-corrected chi connectivity index (χ1v) is 5.48. The van der Waals surface area contributed by atoms with Crippen LogP contribution in [0.2, 0.25) is 0 Å². The van der Waals surface area contributed by atoms with Crippen molar-refractivity contribution in [3.05, 3.63) is 29.5 Å². The Bertz CT molecular complexity index is 569. The molecule has 2 aromatic rings. The Balaban J connectivity index is 2.83. The lowest BCUT2D eigenvalue weighted by atomic mass is 10.0. The molecule has 0 aliphatic heterocycles. The Morgan fingerprint density at radius 1 is 1.41 bits per heavy atom. The normalized spacial score (nSPS) is 11.1. The summed E-state index contributed by atoms with van der Waals surface area (Å²) in [4.78, 5) is 14.5. The van der Waals surface area contributed by atoms with Crippen molar-refractivity contribution in [2.75, 3.05) is 7.11 Å². The fraction of sp³-hybridized carbons (Fsp3) is 0.308. The number of aromatic amines is 1. The minimum atomic E-state index is -0.909. The third-order valence-electron chi connectivity index (χ3n) is 2.84. The van der Waals surface area contributed by atoms with E-state index in [2.05, 4.69) is 4.98 Å². The number of hydrogen-bond acceptors (Lipinski definition) is 2. The van der Waals surface area contributed by atoms with Gasteiger partial charge >= 0.3 is 5.97 Å². The Hall–Kier alpha value is -1.97. The average Bonchev–Trinajstić information content (AvgIpc) is 2.67. The number of ether oxygens (including phenoxy) is 1. The van der Waals surface area contributed by atoms with E-state index >= 15 is 0 Å². The second-order valence-electron chi connectivity index (χ2n) is 4.26. The van der Waals surface area contributed by atoms with Crippen molar-refractivity contribution in [3.63, 3.8) is 0 Å². The molecule has 1 heterocycles. The molecule has 0 saturated heterocycles. The van der Waals surface area contributed by atoms with E-state index in [-0.39, 0.29) is 5.92 Å². The zero-order valence-corrected chi connectivity index (χ0v) is 10.1. The summed E-state index contributed by atoms with van der Waals surface area (Å²) in [6.07, 6.45) is 0. The van der Waals surface area contributed by atoms with Crippen molar-refractivity contribution in [3.8, 4) is 5.75 Å². The zero-order chi connectivity index (χ0) is 12.6. The maximum atomic E-state index is 11.3. The molecule has 17 heavy (non-hydrogen) atoms. The molecule has 1 aromatic carbocycles. The molecule has 0 aliphatic rings. The number of benzene rings is 1. The lowest BCUT2D eigenvalue weighted by molar-refractivity contribution is 0.0697. The third-order valence-corrected chi connectivity index (χ3v) is 2.84. The van der Waals surface area contributed by atoms with Crippen LogP contribution in [0.5, 0.6) is 5.75 Å². The smallest absolute Gasteiger partial charge is 0.338 e. The van der Waals surface area contributed by atoms with Crippen LogP contribution in [0.4, 0.5) is 0 Å². The first kappa shape index (κ1) is 11.5. The van der Waals surface area contributed by atoms with Gasteiger partial charge in [0.05, 0.1) is 18.2 Å². The number of carboxylic acids is 1. The van der Waals surface area contributed by atoms with Crippen molar-refractivity contribution in [1.82, 2.24) is 4.98 Å². The first-order chi connectivity index (χ1) is 8.06. The highest BCUT2D eigenvalue weighted by Gasteiger charge is 2.21. The molecule has 0 atom stereocenters. The fourth-order valence-electron chi connectivity index (χ4n) is 2.04. The van der Waals surface area contributed by atoms with Crippen LogP contribution in [0.25, 0.3) is 10.9 Å². The summed E-state index contributed by atoms with van der Waals surface area (Å²) in [7, 11) is 1.57. The Kier molecular flexibility index (Phi) is 2.79. The number of carboxylic acid groups (broad SMARTS) is 1. The van der Waals surface area contributed by atoms with E-state index in [0.29, 0.717) is 16.7 Å². The predicted molar refractivity (Wildman–Crippen MR) is 65.9 cm³/mol. The van der Waals surface area contributed by atoms with Gasteiger partial charge in [0.25, 0.3) is 0 Å². The summed E-state index contributed by atoms with van der Waals surface area (Å²) in [5.41, 5.74) is 1.82. The number of hydrogen-bond donors (Lipinski definition) is 2. The lowest BCUT2D eigenvalue weighted by Gasteiger charge is -2.03. The summed E-state index contributed by atoms with van der Waals surface area (Å²) in [5.74, 6) is -0.122. The van der Waals surface area contributed by atoms with Crippen LogP contribution in [0.3, 0.4) is 0 Å². The van der Waals surface area contributed by atoms with E-state index in [1.807, 2.05) is 19.9 Å². The molecule has 90 valence electrons. The lowest BCUT2D eigenvalue weighted by Crippen LogP contribution is -2.01. The van der Waals surface area contributed by atoms with E-state index in [4.69, 9.17) is 4.74 Å². The van der Waals surface area contributed by atoms with Crippen molar-refractivity contribution in [1.29, 1.82) is 0 Å². The van der Waals surface area contributed by atoms with Gasteiger partial charge in [-0.2, -0.15) is 0 Å². The van der Waals surface area contributed by atoms with Gasteiger partial charge in [0.1, 0.15) is 5.75 Å². The summed E-state index contributed by atoms with van der Waals surface area (Å²) in [5, 5.41) is 10.00. The van der Waals surface area contributed by atoms with Crippen LogP contribution >= 0.6 is 0 Å². The highest BCUT2D eigenvalue weighted by molar-refractivity contribution is 6.06. The van der Waals surface area contributed by atoms with Crippen molar-refractivity contribution in [2.45, 2.75) is 19.8 Å². The largest absolute Gasteiger partial charge is 0.495 e. The van der Waals surface area contributed by atoms with Crippen LogP contribution in [0.15, 0.2) is 18.2 Å². The number of nitrogens with one attached hydrogen (secondary N) is 1. The first-order valence-electron chi connectivity index (χ1n) is 5.48. The van der Waals surface area contributed by atoms with Gasteiger partial charge in [-0.05, 0) is 12.0 Å². The Morgan fingerprint density at radius 3 is 2.65 bits per heavy atom. The van der Waals surface area contributed by atoms with Gasteiger partial charge in [-0.15, -0.1) is 0 Å². The van der Waals surface area contributed by atoms with Gasteiger partial charge in [-0.25, -0.2) is 4.79 Å². The van der Waals surface area contributed by atoms with Crippen molar-refractivity contribution >= 4 is 16.9 Å². The molecule has 2 rings (SSSR count). The molecular weight excluding hydrogens is 218 g/mol. The van der Waals surface area contributed by atoms with E-state index < -0.39 is 5.97 Å². The minimum Gasteiger partial charge on any atom is -0.495 e. The standard InChI is InChI=1S/C13H15NO3/c1-7(2)11-10(13(15)16)8-5-4-6-9(17-3)12(8)14-11/h4-7,14H,1-3H3,(H,15,16). The predicted octanol–water partition coefficient (Wildman–Crippen LogP) is 3.00. The number of aromatic nitrogens is 1. The summed E-state index contributed by atoms with van der Waals surface area (Å²) in [6.45, 7) is 3.92. The molecular formula is C13H15NO3. The highest BCUT2D eigenvalue weighted by atomic mass is 16.5. The molecule has 0 radical (unpaired) electrons. The van der Waals surface area contributed by atoms with Crippen LogP contribution in [0.1, 0.15) is 35.8 Å². The van der Waals surface area contributed by atoms with Crippen LogP contribution in [-0.2, 0) is 0 Å². The number of aromatic carboxylic acids is 1. The van der Waals surface area contributed by atoms with Gasteiger partial charge in [0, 0.05) is 11.1 Å². The summed E-state index contributed by atoms with van der Waals surface area (Å²) < 4.78 is 5.23. The van der Waals surface area contributed by atoms with E-state index in [1.165, 1.54) is 0 Å². The van der Waals surface area contributed by atoms with Gasteiger partial charge < -0.3 is 14.8 Å². The zero-order valence-electron chi connectivity index (χ0n) is 10.1. The molecule has 1 aromatic heterocycles. The van der Waals surface area contributed by atoms with E-state index in [1.54, 1.807) is 19.2 Å². The molecule has 0 unspecified atom stereocenters. The molecule has 4 heteroatoms. The van der Waals surface area contributed by atoms with E-state index in [0.717, 1.165) is 11.2 Å². The number of methoxy groups -OCH3 is 1. The molecule has 0 aliphatic carbocycles. The topological polar surface area (TPSA) is 62.3 Å². The summed E-state index contributed by atoms with van der Waals surface area (Å²) in [6, 6.07) is 5.41. The maximum absolute atomic E-state index is 11.3. The highest BCUT2D eigenvalue weighted by Crippen LogP contribution is 2.32. The average molecular weight is 233 g/mol. The molecule has 0 spiro atoms. The molecule has 0 bridgehead atoms. The fourth-order valence-corrected chi connectivity index (χ4v) is 2.04. The Morgan fingerprint density at radius 2 is 2.12 bits per heavy atom. The number of carbonyl (C=O) groups is 1. The minimum absolute atomic E-state index is 0.123. The molecule has 4 nitrogen and oxygen atoms in total. The van der Waals surface area contributed by atoms with Crippen molar-refractivity contribution < 1.29 is 14.6 Å². The number of H-pyrrole nitrogens is 1. The Labute approximate surface area is 99.2 Å². The van der Waals surface area contributed by atoms with Crippen LogP contribution in [0, 0.1) is 0 Å². The number of fused-ring (bicyclic) bond motifs is 1. The second-order valence-corrected chi connectivity index (χ2v) is 4.26. The van der Waals surface area contributed by atoms with Crippen LogP contribution in [-0.4, -0.2) is 23.2 Å². The number of para-hydroxylation sites is 1. The van der Waals surface area contributed by atoms with Gasteiger partial charge in [-0.1, -0.05) is 26.0 Å². The maximum Gasteiger partial charge on any atom is 0.338 e. The molecule has 0 saturated carbocycles. The third kappa shape index (κ3) is 1.75. The monoisotopic (exact) mass is 233 g/mol. The van der Waals surface area contributed by atoms with Gasteiger partial charge in [0.15, 0.2) is 0 Å². The second kappa shape index (κ2) is 4.13. The molecule has 2 N–H and O–H groups in total.